The minimum Gasteiger partial charge on any atom is -0.309 e. The fourth-order valence-electron chi connectivity index (χ4n) is 5.18. The zero-order chi connectivity index (χ0) is 21.9. The highest BCUT2D eigenvalue weighted by atomic mass is 79.9. The second kappa shape index (κ2) is 7.09. The zero-order valence-corrected chi connectivity index (χ0v) is 19.3. The average molecular weight is 487 g/mol. The first kappa shape index (κ1) is 18.7. The molecule has 0 fully saturated rings. The summed E-state index contributed by atoms with van der Waals surface area (Å²) < 4.78 is 5.84. The lowest BCUT2D eigenvalue weighted by Gasteiger charge is -2.09. The van der Waals surface area contributed by atoms with Gasteiger partial charge in [0.2, 0.25) is 0 Å². The van der Waals surface area contributed by atoms with Gasteiger partial charge in [0.1, 0.15) is 0 Å². The van der Waals surface area contributed by atoms with Gasteiger partial charge in [0.05, 0.1) is 22.1 Å². The van der Waals surface area contributed by atoms with Crippen LogP contribution in [0.15, 0.2) is 120 Å². The Hall–Kier alpha value is -3.82. The predicted molar refractivity (Wildman–Crippen MR) is 143 cm³/mol. The molecule has 0 aliphatic heterocycles. The van der Waals surface area contributed by atoms with Gasteiger partial charge in [-0.3, -0.25) is 0 Å². The van der Waals surface area contributed by atoms with Crippen LogP contribution in [0.25, 0.3) is 55.0 Å². The minimum atomic E-state index is 1.08. The fourth-order valence-corrected chi connectivity index (χ4v) is 5.57. The maximum absolute atomic E-state index is 3.66. The van der Waals surface area contributed by atoms with E-state index in [4.69, 9.17) is 0 Å². The molecule has 0 aliphatic rings. The Balaban J connectivity index is 1.69. The quantitative estimate of drug-likeness (QED) is 0.231. The first-order valence-electron chi connectivity index (χ1n) is 11.1. The van der Waals surface area contributed by atoms with Crippen molar-refractivity contribution >= 4 is 59.5 Å². The maximum Gasteiger partial charge on any atom is 0.0548 e. The van der Waals surface area contributed by atoms with Crippen LogP contribution in [-0.4, -0.2) is 9.13 Å². The van der Waals surface area contributed by atoms with Gasteiger partial charge in [-0.25, -0.2) is 0 Å². The van der Waals surface area contributed by atoms with Crippen LogP contribution in [0.5, 0.6) is 0 Å². The van der Waals surface area contributed by atoms with E-state index in [2.05, 4.69) is 140 Å². The van der Waals surface area contributed by atoms with Crippen LogP contribution in [0.2, 0.25) is 0 Å². The van der Waals surface area contributed by atoms with E-state index in [1.807, 2.05) is 0 Å². The van der Waals surface area contributed by atoms with E-state index in [9.17, 15) is 0 Å². The largest absolute Gasteiger partial charge is 0.309 e. The highest BCUT2D eigenvalue weighted by Gasteiger charge is 2.18. The molecule has 0 amide bonds. The predicted octanol–water partition coefficient (Wildman–Crippen LogP) is 8.64. The summed E-state index contributed by atoms with van der Waals surface area (Å²) in [5, 5.41) is 5.06. The van der Waals surface area contributed by atoms with Gasteiger partial charge in [-0.1, -0.05) is 76.6 Å². The number of aromatic nitrogens is 2. The molecule has 5 aromatic carbocycles. The summed E-state index contributed by atoms with van der Waals surface area (Å²) >= 11 is 3.66. The van der Waals surface area contributed by atoms with Crippen LogP contribution in [0.3, 0.4) is 0 Å². The number of rotatable bonds is 2. The van der Waals surface area contributed by atoms with Crippen LogP contribution >= 0.6 is 15.9 Å². The van der Waals surface area contributed by atoms with E-state index >= 15 is 0 Å². The Morgan fingerprint density at radius 2 is 0.909 bits per heavy atom. The third kappa shape index (κ3) is 2.73. The number of halogens is 1. The molecule has 0 N–H and O–H groups in total. The molecule has 7 rings (SSSR count). The second-order valence-electron chi connectivity index (χ2n) is 8.41. The third-order valence-corrected chi connectivity index (χ3v) is 7.04. The molecule has 0 aliphatic carbocycles. The van der Waals surface area contributed by atoms with Crippen molar-refractivity contribution in [1.29, 1.82) is 0 Å². The summed E-state index contributed by atoms with van der Waals surface area (Å²) in [5.74, 6) is 0. The van der Waals surface area contributed by atoms with Crippen molar-refractivity contribution in [2.24, 2.45) is 0 Å². The molecule has 2 aromatic heterocycles. The smallest absolute Gasteiger partial charge is 0.0548 e. The number of para-hydroxylation sites is 3. The molecule has 0 spiro atoms. The molecule has 3 heteroatoms. The topological polar surface area (TPSA) is 9.86 Å². The Morgan fingerprint density at radius 1 is 0.394 bits per heavy atom. The molecule has 0 atom stereocenters. The summed E-state index contributed by atoms with van der Waals surface area (Å²) in [6.45, 7) is 0. The van der Waals surface area contributed by atoms with Crippen LogP contribution in [0.4, 0.5) is 0 Å². The van der Waals surface area contributed by atoms with E-state index in [-0.39, 0.29) is 0 Å². The molecular weight excluding hydrogens is 468 g/mol. The molecule has 156 valence electrons. The van der Waals surface area contributed by atoms with Crippen LogP contribution in [-0.2, 0) is 0 Å². The molecule has 2 heterocycles. The zero-order valence-electron chi connectivity index (χ0n) is 17.7. The van der Waals surface area contributed by atoms with Crippen molar-refractivity contribution < 1.29 is 0 Å². The normalized spacial score (nSPS) is 11.8. The van der Waals surface area contributed by atoms with Crippen molar-refractivity contribution in [2.75, 3.05) is 0 Å². The lowest BCUT2D eigenvalue weighted by atomic mass is 10.1. The summed E-state index contributed by atoms with van der Waals surface area (Å²) in [4.78, 5) is 0. The highest BCUT2D eigenvalue weighted by Crippen LogP contribution is 2.39. The molecular formula is C30H19BrN2. The van der Waals surface area contributed by atoms with E-state index in [0.717, 1.165) is 10.2 Å². The van der Waals surface area contributed by atoms with Gasteiger partial charge in [0.15, 0.2) is 0 Å². The molecule has 33 heavy (non-hydrogen) atoms. The number of nitrogens with zero attached hydrogens (tertiary/aromatic N) is 2. The van der Waals surface area contributed by atoms with Gasteiger partial charge in [-0.05, 0) is 54.6 Å². The molecule has 0 radical (unpaired) electrons. The van der Waals surface area contributed by atoms with E-state index in [1.54, 1.807) is 0 Å². The summed E-state index contributed by atoms with van der Waals surface area (Å²) in [6.07, 6.45) is 0. The lowest BCUT2D eigenvalue weighted by molar-refractivity contribution is 1.17. The minimum absolute atomic E-state index is 1.08. The number of hydrogen-bond acceptors (Lipinski definition) is 0. The van der Waals surface area contributed by atoms with Crippen LogP contribution in [0.1, 0.15) is 0 Å². The van der Waals surface area contributed by atoms with Gasteiger partial charge in [-0.2, -0.15) is 0 Å². The van der Waals surface area contributed by atoms with Crippen molar-refractivity contribution in [3.05, 3.63) is 120 Å². The van der Waals surface area contributed by atoms with Crippen molar-refractivity contribution in [2.45, 2.75) is 0 Å². The SMILES string of the molecule is Brc1cccc(-n2c3ccccc3c3cc4c(cc32)c2ccccc2n4-c2ccccc2)c1. The van der Waals surface area contributed by atoms with E-state index in [1.165, 1.54) is 49.3 Å². The van der Waals surface area contributed by atoms with Gasteiger partial charge in [0, 0.05) is 37.4 Å². The molecule has 0 unspecified atom stereocenters. The van der Waals surface area contributed by atoms with E-state index < -0.39 is 0 Å². The van der Waals surface area contributed by atoms with Crippen LogP contribution < -0.4 is 0 Å². The van der Waals surface area contributed by atoms with E-state index in [0.29, 0.717) is 0 Å². The highest BCUT2D eigenvalue weighted by molar-refractivity contribution is 9.10. The Labute approximate surface area is 199 Å². The van der Waals surface area contributed by atoms with Gasteiger partial charge < -0.3 is 9.13 Å². The summed E-state index contributed by atoms with van der Waals surface area (Å²) in [5.41, 5.74) is 7.23. The number of benzene rings is 5. The number of hydrogen-bond donors (Lipinski definition) is 0. The molecule has 0 saturated heterocycles. The standard InChI is InChI=1S/C30H19BrN2/c31-20-9-8-12-22(17-20)33-28-16-7-5-14-24(28)26-18-29-25(19-30(26)33)23-13-4-6-15-27(23)32(29)21-10-2-1-3-11-21/h1-19H. The monoisotopic (exact) mass is 486 g/mol. The first-order valence-corrected chi connectivity index (χ1v) is 11.9. The Bertz CT molecular complexity index is 1820. The number of fused-ring (bicyclic) bond motifs is 6. The van der Waals surface area contributed by atoms with Crippen molar-refractivity contribution in [3.8, 4) is 11.4 Å². The molecule has 2 nitrogen and oxygen atoms in total. The van der Waals surface area contributed by atoms with Crippen molar-refractivity contribution in [1.82, 2.24) is 9.13 Å². The first-order chi connectivity index (χ1) is 16.3. The lowest BCUT2D eigenvalue weighted by Crippen LogP contribution is -1.94. The Kier molecular flexibility index (Phi) is 4.02. The molecule has 0 bridgehead atoms. The van der Waals surface area contributed by atoms with Gasteiger partial charge in [-0.15, -0.1) is 0 Å². The Morgan fingerprint density at radius 3 is 1.52 bits per heavy atom. The average Bonchev–Trinajstić information content (AvgIpc) is 3.35. The van der Waals surface area contributed by atoms with Crippen molar-refractivity contribution in [3.63, 3.8) is 0 Å². The molecule has 7 aromatic rings. The summed E-state index contributed by atoms with van der Waals surface area (Å²) in [7, 11) is 0. The second-order valence-corrected chi connectivity index (χ2v) is 9.32. The molecule has 0 saturated carbocycles. The van der Waals surface area contributed by atoms with Gasteiger partial charge in [0.25, 0.3) is 0 Å². The maximum atomic E-state index is 3.66. The van der Waals surface area contributed by atoms with Crippen LogP contribution in [0, 0.1) is 0 Å². The fraction of sp³-hybridized carbons (Fsp3) is 0. The van der Waals surface area contributed by atoms with Gasteiger partial charge >= 0.3 is 0 Å². The summed E-state index contributed by atoms with van der Waals surface area (Å²) in [6, 6.07) is 41.3. The third-order valence-electron chi connectivity index (χ3n) is 6.55.